The number of ether oxygens (including phenoxy) is 2. The summed E-state index contributed by atoms with van der Waals surface area (Å²) < 4.78 is 9.69. The van der Waals surface area contributed by atoms with E-state index in [4.69, 9.17) is 4.74 Å². The van der Waals surface area contributed by atoms with Gasteiger partial charge in [-0.15, -0.1) is 0 Å². The molecule has 2 saturated carbocycles. The maximum absolute atomic E-state index is 14.0. The second kappa shape index (κ2) is 8.10. The van der Waals surface area contributed by atoms with Gasteiger partial charge in [-0.2, -0.15) is 0 Å². The zero-order valence-electron chi connectivity index (χ0n) is 22.2. The summed E-state index contributed by atoms with van der Waals surface area (Å²) in [7, 11) is 2.12. The van der Waals surface area contributed by atoms with Crippen molar-refractivity contribution in [3.05, 3.63) is 23.5 Å². The molecule has 3 aliphatic rings. The topological polar surface area (TPSA) is 144 Å². The fraction of sp³-hybridized carbons (Fsp3) is 0.667. The lowest BCUT2D eigenvalue weighted by Gasteiger charge is -2.63. The van der Waals surface area contributed by atoms with Gasteiger partial charge in [0.25, 0.3) is 0 Å². The molecule has 3 aliphatic carbocycles. The molecule has 0 saturated heterocycles. The molecule has 0 spiro atoms. The SMILES string of the molecule is C=C1C[C@@H]2[C@](C)(C(=O)C(O)=C3C(C)(C)C(=O)CC[C@]32C)[C@@H](C(=O)OC)[C@]1(C)C(=O)[C@](C)(O)C(=O)OC. The molecule has 9 nitrogen and oxygen atoms in total. The number of carbonyl (C=O) groups excluding carboxylic acids is 5. The molecule has 0 aromatic rings. The third-order valence-electron chi connectivity index (χ3n) is 9.49. The molecule has 2 fully saturated rings. The van der Waals surface area contributed by atoms with Gasteiger partial charge in [-0.3, -0.25) is 19.2 Å². The van der Waals surface area contributed by atoms with Gasteiger partial charge in [0.2, 0.25) is 11.4 Å². The molecular weight excluding hydrogens is 468 g/mol. The minimum Gasteiger partial charge on any atom is -0.504 e. The number of hydrogen-bond donors (Lipinski definition) is 2. The van der Waals surface area contributed by atoms with Gasteiger partial charge in [0.1, 0.15) is 5.78 Å². The summed E-state index contributed by atoms with van der Waals surface area (Å²) in [4.78, 5) is 66.5. The minimum atomic E-state index is -2.65. The summed E-state index contributed by atoms with van der Waals surface area (Å²) in [6, 6.07) is 0. The lowest BCUT2D eigenvalue weighted by atomic mass is 9.37. The van der Waals surface area contributed by atoms with Crippen LogP contribution >= 0.6 is 0 Å². The van der Waals surface area contributed by atoms with E-state index in [0.717, 1.165) is 21.1 Å². The third kappa shape index (κ3) is 3.14. The second-order valence-corrected chi connectivity index (χ2v) is 11.7. The predicted octanol–water partition coefficient (Wildman–Crippen LogP) is 2.65. The van der Waals surface area contributed by atoms with Gasteiger partial charge < -0.3 is 19.7 Å². The zero-order valence-corrected chi connectivity index (χ0v) is 22.2. The second-order valence-electron chi connectivity index (χ2n) is 11.7. The molecule has 0 heterocycles. The molecule has 6 atom stereocenters. The van der Waals surface area contributed by atoms with Crippen LogP contribution in [-0.4, -0.2) is 59.3 Å². The van der Waals surface area contributed by atoms with Gasteiger partial charge in [-0.05, 0) is 57.4 Å². The number of fused-ring (bicyclic) bond motifs is 3. The molecule has 0 amide bonds. The van der Waals surface area contributed by atoms with Gasteiger partial charge in [0, 0.05) is 11.8 Å². The van der Waals surface area contributed by atoms with E-state index in [-0.39, 0.29) is 24.2 Å². The Bertz CT molecular complexity index is 1130. The molecule has 3 rings (SSSR count). The van der Waals surface area contributed by atoms with Gasteiger partial charge in [-0.1, -0.05) is 26.0 Å². The first-order valence-electron chi connectivity index (χ1n) is 12.0. The number of Topliss-reactive ketones (excluding diaryl/α,β-unsaturated/α-hetero) is 3. The number of rotatable bonds is 4. The number of aliphatic hydroxyl groups is 2. The van der Waals surface area contributed by atoms with Crippen molar-refractivity contribution in [3.8, 4) is 0 Å². The summed E-state index contributed by atoms with van der Waals surface area (Å²) in [5.41, 5.74) is -7.67. The van der Waals surface area contributed by atoms with E-state index in [1.807, 2.05) is 6.92 Å². The number of hydrogen-bond acceptors (Lipinski definition) is 9. The van der Waals surface area contributed by atoms with Gasteiger partial charge in [0.05, 0.1) is 31.0 Å². The molecule has 0 unspecified atom stereocenters. The van der Waals surface area contributed by atoms with Crippen LogP contribution in [-0.2, 0) is 33.4 Å². The summed E-state index contributed by atoms with van der Waals surface area (Å²) in [5.74, 6) is -6.85. The molecule has 0 bridgehead atoms. The van der Waals surface area contributed by atoms with E-state index >= 15 is 0 Å². The Labute approximate surface area is 210 Å². The van der Waals surface area contributed by atoms with Crippen LogP contribution in [0.1, 0.15) is 60.8 Å². The molecular formula is C27H36O9. The predicted molar refractivity (Wildman–Crippen MR) is 127 cm³/mol. The Hall–Kier alpha value is -2.81. The van der Waals surface area contributed by atoms with E-state index < -0.39 is 68.4 Å². The number of allylic oxidation sites excluding steroid dienone is 3. The highest BCUT2D eigenvalue weighted by Crippen LogP contribution is 2.69. The van der Waals surface area contributed by atoms with Crippen molar-refractivity contribution >= 4 is 29.3 Å². The summed E-state index contributed by atoms with van der Waals surface area (Å²) >= 11 is 0. The van der Waals surface area contributed by atoms with E-state index in [2.05, 4.69) is 11.3 Å². The Balaban J connectivity index is 2.37. The van der Waals surface area contributed by atoms with Crippen LogP contribution in [0.5, 0.6) is 0 Å². The van der Waals surface area contributed by atoms with Crippen molar-refractivity contribution in [2.24, 2.45) is 33.5 Å². The first kappa shape index (κ1) is 27.8. The number of aliphatic hydroxyl groups excluding tert-OH is 1. The summed E-state index contributed by atoms with van der Waals surface area (Å²) in [5, 5.41) is 22.2. The molecule has 2 N–H and O–H groups in total. The fourth-order valence-electron chi connectivity index (χ4n) is 7.49. The molecule has 0 aromatic carbocycles. The molecule has 36 heavy (non-hydrogen) atoms. The smallest absolute Gasteiger partial charge is 0.345 e. The quantitative estimate of drug-likeness (QED) is 0.335. The van der Waals surface area contributed by atoms with Crippen LogP contribution in [0, 0.1) is 33.5 Å². The van der Waals surface area contributed by atoms with Crippen molar-refractivity contribution in [2.75, 3.05) is 14.2 Å². The van der Waals surface area contributed by atoms with Gasteiger partial charge in [-0.25, -0.2) is 4.79 Å². The Morgan fingerprint density at radius 2 is 1.61 bits per heavy atom. The van der Waals surface area contributed by atoms with Crippen LogP contribution in [0.15, 0.2) is 23.5 Å². The molecule has 198 valence electrons. The highest BCUT2D eigenvalue weighted by atomic mass is 16.5. The van der Waals surface area contributed by atoms with Crippen LogP contribution in [0.25, 0.3) is 0 Å². The van der Waals surface area contributed by atoms with Crippen LogP contribution in [0.2, 0.25) is 0 Å². The number of carbonyl (C=O) groups is 5. The lowest BCUT2D eigenvalue weighted by Crippen LogP contribution is -2.68. The van der Waals surface area contributed by atoms with Gasteiger partial charge in [0.15, 0.2) is 11.5 Å². The number of esters is 2. The fourth-order valence-corrected chi connectivity index (χ4v) is 7.49. The van der Waals surface area contributed by atoms with Crippen molar-refractivity contribution in [2.45, 2.75) is 66.4 Å². The van der Waals surface area contributed by atoms with Crippen molar-refractivity contribution in [1.82, 2.24) is 0 Å². The molecule has 0 aliphatic heterocycles. The first-order valence-corrected chi connectivity index (χ1v) is 12.0. The van der Waals surface area contributed by atoms with E-state index in [1.54, 1.807) is 13.8 Å². The van der Waals surface area contributed by atoms with Crippen LogP contribution in [0.4, 0.5) is 0 Å². The minimum absolute atomic E-state index is 0.0762. The average Bonchev–Trinajstić information content (AvgIpc) is 2.81. The molecule has 9 heteroatoms. The molecule has 0 radical (unpaired) electrons. The van der Waals surface area contributed by atoms with Gasteiger partial charge >= 0.3 is 11.9 Å². The standard InChI is InChI=1S/C27H36O9/c1-13-12-14-24(4)11-10-15(28)23(2,3)17(24)16(29)19(30)26(14,6)18(20(31)35-8)25(13,5)21(32)27(7,34)22(33)36-9/h14,18,29,34H,1,10-12H2,2-9H3/t14-,18-,24-,25+,26-,27-/m0/s1. The highest BCUT2D eigenvalue weighted by molar-refractivity contribution is 6.13. The van der Waals surface area contributed by atoms with E-state index in [1.165, 1.54) is 13.8 Å². The Kier molecular flexibility index (Phi) is 6.25. The van der Waals surface area contributed by atoms with E-state index in [9.17, 15) is 34.2 Å². The maximum atomic E-state index is 14.0. The van der Waals surface area contributed by atoms with Crippen molar-refractivity contribution in [1.29, 1.82) is 0 Å². The number of methoxy groups -OCH3 is 2. The maximum Gasteiger partial charge on any atom is 0.345 e. The summed E-state index contributed by atoms with van der Waals surface area (Å²) in [6.07, 6.45) is 0.615. The highest BCUT2D eigenvalue weighted by Gasteiger charge is 2.73. The van der Waals surface area contributed by atoms with E-state index in [0.29, 0.717) is 12.0 Å². The molecule has 0 aromatic heterocycles. The van der Waals surface area contributed by atoms with Crippen molar-refractivity contribution in [3.63, 3.8) is 0 Å². The first-order chi connectivity index (χ1) is 16.3. The van der Waals surface area contributed by atoms with Crippen LogP contribution < -0.4 is 0 Å². The lowest BCUT2D eigenvalue weighted by molar-refractivity contribution is -0.186. The zero-order chi connectivity index (χ0) is 27.8. The average molecular weight is 505 g/mol. The van der Waals surface area contributed by atoms with Crippen LogP contribution in [0.3, 0.4) is 0 Å². The Morgan fingerprint density at radius 3 is 2.11 bits per heavy atom. The third-order valence-corrected chi connectivity index (χ3v) is 9.49. The summed E-state index contributed by atoms with van der Waals surface area (Å²) in [6.45, 7) is 13.1. The number of ketones is 3. The Morgan fingerprint density at radius 1 is 1.06 bits per heavy atom. The monoisotopic (exact) mass is 504 g/mol. The normalized spacial score (nSPS) is 37.4. The largest absolute Gasteiger partial charge is 0.504 e. The van der Waals surface area contributed by atoms with Crippen molar-refractivity contribution < 1.29 is 43.7 Å².